The number of fused-ring (bicyclic) bond motifs is 1. The average Bonchev–Trinajstić information content (AvgIpc) is 3.40. The summed E-state index contributed by atoms with van der Waals surface area (Å²) in [6, 6.07) is 4.42. The predicted molar refractivity (Wildman–Crippen MR) is 103 cm³/mol. The smallest absolute Gasteiger partial charge is 0.422 e. The third-order valence-corrected chi connectivity index (χ3v) is 5.52. The lowest BCUT2D eigenvalue weighted by molar-refractivity contribution is -0.153. The Balaban J connectivity index is 1.37. The van der Waals surface area contributed by atoms with E-state index in [2.05, 4.69) is 25.7 Å². The molecule has 3 aromatic rings. The summed E-state index contributed by atoms with van der Waals surface area (Å²) in [4.78, 5) is 32.3. The van der Waals surface area contributed by atoms with Crippen LogP contribution in [-0.4, -0.2) is 50.8 Å². The second-order valence-electron chi connectivity index (χ2n) is 7.74. The molecule has 1 saturated heterocycles. The molecular formula is C20H17F3N6O3. The normalized spacial score (nSPS) is 23.0. The zero-order chi connectivity index (χ0) is 22.5. The van der Waals surface area contributed by atoms with Crippen molar-refractivity contribution in [1.29, 1.82) is 0 Å². The molecule has 0 spiro atoms. The van der Waals surface area contributed by atoms with Crippen LogP contribution >= 0.6 is 0 Å². The van der Waals surface area contributed by atoms with Gasteiger partial charge in [0.05, 0.1) is 17.8 Å². The Kier molecular flexibility index (Phi) is 4.72. The van der Waals surface area contributed by atoms with E-state index in [0.29, 0.717) is 11.3 Å². The first kappa shape index (κ1) is 20.2. The first-order chi connectivity index (χ1) is 15.3. The van der Waals surface area contributed by atoms with Crippen molar-refractivity contribution in [2.45, 2.75) is 30.4 Å². The maximum absolute atomic E-state index is 12.3. The molecule has 0 radical (unpaired) electrons. The van der Waals surface area contributed by atoms with Crippen LogP contribution in [0.1, 0.15) is 41.1 Å². The van der Waals surface area contributed by atoms with Gasteiger partial charge in [0.1, 0.15) is 5.75 Å². The average molecular weight is 446 g/mol. The van der Waals surface area contributed by atoms with E-state index in [9.17, 15) is 22.8 Å². The van der Waals surface area contributed by atoms with Crippen LogP contribution in [-0.2, 0) is 4.79 Å². The van der Waals surface area contributed by atoms with Crippen LogP contribution in [0.25, 0.3) is 5.65 Å². The second-order valence-corrected chi connectivity index (χ2v) is 7.74. The maximum Gasteiger partial charge on any atom is 0.422 e. The van der Waals surface area contributed by atoms with E-state index >= 15 is 0 Å². The van der Waals surface area contributed by atoms with Crippen LogP contribution in [0.2, 0.25) is 0 Å². The zero-order valence-electron chi connectivity index (χ0n) is 16.5. The van der Waals surface area contributed by atoms with Gasteiger partial charge >= 0.3 is 12.2 Å². The number of nitrogens with one attached hydrogen (secondary N) is 2. The van der Waals surface area contributed by atoms with Crippen LogP contribution in [0, 0.1) is 0 Å². The summed E-state index contributed by atoms with van der Waals surface area (Å²) in [5.41, 5.74) is 2.80. The minimum atomic E-state index is -4.41. The summed E-state index contributed by atoms with van der Waals surface area (Å²) in [6.45, 7) is -1.22. The molecule has 12 heteroatoms. The molecule has 166 valence electrons. The number of pyridine rings is 1. The Morgan fingerprint density at radius 1 is 1.16 bits per heavy atom. The molecule has 2 aliphatic rings. The summed E-state index contributed by atoms with van der Waals surface area (Å²) in [5.74, 6) is -0.871. The number of ether oxygens (including phenoxy) is 1. The van der Waals surface area contributed by atoms with Gasteiger partial charge in [-0.05, 0) is 30.5 Å². The van der Waals surface area contributed by atoms with Gasteiger partial charge in [0.15, 0.2) is 12.3 Å². The van der Waals surface area contributed by atoms with Crippen LogP contribution in [0.15, 0.2) is 36.8 Å². The lowest BCUT2D eigenvalue weighted by Gasteiger charge is -2.22. The third-order valence-electron chi connectivity index (χ3n) is 5.52. The van der Waals surface area contributed by atoms with Gasteiger partial charge in [-0.1, -0.05) is 0 Å². The molecule has 9 nitrogen and oxygen atoms in total. The molecule has 0 bridgehead atoms. The first-order valence-corrected chi connectivity index (χ1v) is 9.87. The number of urea groups is 1. The van der Waals surface area contributed by atoms with Crippen molar-refractivity contribution in [1.82, 2.24) is 30.2 Å². The van der Waals surface area contributed by atoms with E-state index in [1.54, 1.807) is 23.0 Å². The Hall–Kier alpha value is -3.70. The van der Waals surface area contributed by atoms with Gasteiger partial charge in [0.2, 0.25) is 5.91 Å². The van der Waals surface area contributed by atoms with E-state index in [1.807, 2.05) is 6.07 Å². The van der Waals surface area contributed by atoms with Crippen molar-refractivity contribution in [2.75, 3.05) is 13.2 Å². The van der Waals surface area contributed by atoms with Crippen molar-refractivity contribution in [3.63, 3.8) is 0 Å². The molecule has 2 N–H and O–H groups in total. The summed E-state index contributed by atoms with van der Waals surface area (Å²) in [6.07, 6.45) is 0.946. The lowest BCUT2D eigenvalue weighted by Crippen LogP contribution is -2.51. The highest BCUT2D eigenvalue weighted by atomic mass is 19.4. The highest BCUT2D eigenvalue weighted by molar-refractivity contribution is 6.00. The van der Waals surface area contributed by atoms with Crippen LogP contribution in [0.4, 0.5) is 18.0 Å². The molecular weight excluding hydrogens is 429 g/mol. The number of amides is 3. The summed E-state index contributed by atoms with van der Waals surface area (Å²) in [7, 11) is 0. The topological polar surface area (TPSA) is 111 Å². The maximum atomic E-state index is 12.3. The monoisotopic (exact) mass is 446 g/mol. The fourth-order valence-electron chi connectivity index (χ4n) is 3.90. The number of alkyl halides is 3. The molecule has 1 aliphatic carbocycles. The Bertz CT molecular complexity index is 1190. The standard InChI is InChI=1S/C20H17F3N6O3/c21-20(22,23)9-32-10-1-2-15(25-7-10)12-5-11(12)13-6-16(28-29-4-3-24-17(13)29)14-8-26-19(31)27-18(14)30/h1-4,6-7,11-12,14H,5,8-9H2,(H2,26,27,30,31)/t11-,12-,14?/m0/s1. The minimum Gasteiger partial charge on any atom is -0.483 e. The number of hydrogen-bond acceptors (Lipinski definition) is 6. The highest BCUT2D eigenvalue weighted by Crippen LogP contribution is 2.55. The number of carbonyl (C=O) groups excluding carboxylic acids is 2. The van der Waals surface area contributed by atoms with Gasteiger partial charge < -0.3 is 10.1 Å². The van der Waals surface area contributed by atoms with E-state index in [4.69, 9.17) is 4.74 Å². The molecule has 0 aromatic carbocycles. The number of imidazole rings is 1. The molecule has 32 heavy (non-hydrogen) atoms. The molecule has 1 unspecified atom stereocenters. The Labute approximate surface area is 179 Å². The van der Waals surface area contributed by atoms with Gasteiger partial charge in [-0.3, -0.25) is 15.1 Å². The van der Waals surface area contributed by atoms with Crippen LogP contribution in [0.3, 0.4) is 0 Å². The number of carbonyl (C=O) groups is 2. The Morgan fingerprint density at radius 3 is 2.72 bits per heavy atom. The summed E-state index contributed by atoms with van der Waals surface area (Å²) < 4.78 is 43.2. The van der Waals surface area contributed by atoms with Crippen LogP contribution < -0.4 is 15.4 Å². The lowest BCUT2D eigenvalue weighted by atomic mass is 9.99. The predicted octanol–water partition coefficient (Wildman–Crippen LogP) is 2.26. The molecule has 3 atom stereocenters. The summed E-state index contributed by atoms with van der Waals surface area (Å²) >= 11 is 0. The van der Waals surface area contributed by atoms with Crippen molar-refractivity contribution >= 4 is 17.6 Å². The fraction of sp³-hybridized carbons (Fsp3) is 0.350. The van der Waals surface area contributed by atoms with Crippen molar-refractivity contribution in [3.05, 3.63) is 53.7 Å². The highest BCUT2D eigenvalue weighted by Gasteiger charge is 2.43. The number of halogens is 3. The quantitative estimate of drug-likeness (QED) is 0.622. The molecule has 2 fully saturated rings. The zero-order valence-corrected chi connectivity index (χ0v) is 16.5. The molecule has 1 aliphatic heterocycles. The van der Waals surface area contributed by atoms with E-state index < -0.39 is 30.6 Å². The third kappa shape index (κ3) is 3.95. The van der Waals surface area contributed by atoms with Gasteiger partial charge in [0, 0.05) is 36.1 Å². The molecule has 3 amide bonds. The number of rotatable bonds is 5. The van der Waals surface area contributed by atoms with Gasteiger partial charge in [-0.2, -0.15) is 18.3 Å². The number of aromatic nitrogens is 4. The van der Waals surface area contributed by atoms with E-state index in [0.717, 1.165) is 17.7 Å². The first-order valence-electron chi connectivity index (χ1n) is 9.87. The van der Waals surface area contributed by atoms with Crippen molar-refractivity contribution in [2.24, 2.45) is 0 Å². The van der Waals surface area contributed by atoms with E-state index in [-0.39, 0.29) is 24.1 Å². The second kappa shape index (κ2) is 7.46. The SMILES string of the molecule is O=C1NCC(c2cc([C@H]3C[C@@H]3c3ccc(OCC(F)(F)F)cn3)c3nccn3n2)C(=O)N1. The number of nitrogens with zero attached hydrogens (tertiary/aromatic N) is 4. The number of hydrogen-bond donors (Lipinski definition) is 2. The van der Waals surface area contributed by atoms with Gasteiger partial charge in [-0.15, -0.1) is 0 Å². The summed E-state index contributed by atoms with van der Waals surface area (Å²) in [5, 5.41) is 9.32. The minimum absolute atomic E-state index is 0.0514. The van der Waals surface area contributed by atoms with Crippen LogP contribution in [0.5, 0.6) is 5.75 Å². The molecule has 5 rings (SSSR count). The van der Waals surface area contributed by atoms with Gasteiger partial charge in [-0.25, -0.2) is 14.3 Å². The molecule has 3 aromatic heterocycles. The molecule has 4 heterocycles. The number of imide groups is 1. The Morgan fingerprint density at radius 2 is 2.00 bits per heavy atom. The largest absolute Gasteiger partial charge is 0.483 e. The fourth-order valence-corrected chi connectivity index (χ4v) is 3.90. The van der Waals surface area contributed by atoms with Crippen molar-refractivity contribution in [3.8, 4) is 5.75 Å². The van der Waals surface area contributed by atoms with Crippen molar-refractivity contribution < 1.29 is 27.5 Å². The van der Waals surface area contributed by atoms with E-state index in [1.165, 1.54) is 12.3 Å². The molecule has 1 saturated carbocycles. The van der Waals surface area contributed by atoms with Gasteiger partial charge in [0.25, 0.3) is 0 Å².